The van der Waals surface area contributed by atoms with Crippen LogP contribution in [0.3, 0.4) is 0 Å². The number of amides is 4. The van der Waals surface area contributed by atoms with Crippen molar-refractivity contribution in [2.75, 3.05) is 71.8 Å². The highest BCUT2D eigenvalue weighted by Gasteiger charge is 2.36. The number of hydrogen-bond donors (Lipinski definition) is 1. The second-order valence-electron chi connectivity index (χ2n) is 13.9. The molecular formula is C37H55N7O4. The van der Waals surface area contributed by atoms with Gasteiger partial charge in [-0.25, -0.2) is 9.59 Å². The number of urea groups is 1. The van der Waals surface area contributed by atoms with Crippen LogP contribution in [0, 0.1) is 13.8 Å². The number of nitrogens with zero attached hydrogens (tertiary/aromatic N) is 6. The quantitative estimate of drug-likeness (QED) is 0.377. The predicted molar refractivity (Wildman–Crippen MR) is 188 cm³/mol. The summed E-state index contributed by atoms with van der Waals surface area (Å²) in [5, 5.41) is 3.06. The number of carbonyl (C=O) groups is 3. The molecule has 3 aliphatic heterocycles. The minimum absolute atomic E-state index is 0.0347. The molecule has 0 bridgehead atoms. The second-order valence-corrected chi connectivity index (χ2v) is 13.9. The first kappa shape index (κ1) is 35.6. The van der Waals surface area contributed by atoms with E-state index in [1.165, 1.54) is 0 Å². The van der Waals surface area contributed by atoms with Gasteiger partial charge in [0.1, 0.15) is 0 Å². The number of ether oxygens (including phenoxy) is 1. The molecule has 11 heteroatoms. The van der Waals surface area contributed by atoms with E-state index in [0.717, 1.165) is 73.4 Å². The molecular weight excluding hydrogens is 606 g/mol. The van der Waals surface area contributed by atoms with Gasteiger partial charge in [0.15, 0.2) is 6.10 Å². The lowest BCUT2D eigenvalue weighted by Gasteiger charge is -2.39. The fourth-order valence-electron chi connectivity index (χ4n) is 7.12. The topological polar surface area (TPSA) is 102 Å². The van der Waals surface area contributed by atoms with Crippen LogP contribution in [0.5, 0.6) is 0 Å². The number of pyridine rings is 1. The van der Waals surface area contributed by atoms with Crippen molar-refractivity contribution in [1.82, 2.24) is 29.5 Å². The molecule has 0 saturated carbocycles. The van der Waals surface area contributed by atoms with Gasteiger partial charge in [-0.1, -0.05) is 25.1 Å². The van der Waals surface area contributed by atoms with Gasteiger partial charge in [0, 0.05) is 68.8 Å². The van der Waals surface area contributed by atoms with E-state index in [9.17, 15) is 14.4 Å². The zero-order valence-corrected chi connectivity index (χ0v) is 29.6. The molecule has 11 nitrogen and oxygen atoms in total. The van der Waals surface area contributed by atoms with Gasteiger partial charge in [-0.15, -0.1) is 0 Å². The monoisotopic (exact) mass is 661 g/mol. The maximum atomic E-state index is 14.0. The number of fused-ring (bicyclic) bond motifs is 1. The van der Waals surface area contributed by atoms with Crippen LogP contribution >= 0.6 is 0 Å². The van der Waals surface area contributed by atoms with Crippen LogP contribution < -0.4 is 5.32 Å². The number of para-hydroxylation sites is 1. The van der Waals surface area contributed by atoms with Gasteiger partial charge in [-0.2, -0.15) is 0 Å². The molecule has 4 amide bonds. The molecule has 0 spiro atoms. The Labute approximate surface area is 286 Å². The summed E-state index contributed by atoms with van der Waals surface area (Å²) in [7, 11) is 4.34. The van der Waals surface area contributed by atoms with E-state index < -0.39 is 12.2 Å². The fraction of sp³-hybridized carbons (Fsp3) is 0.622. The summed E-state index contributed by atoms with van der Waals surface area (Å²) in [5.74, 6) is -0.148. The van der Waals surface area contributed by atoms with E-state index in [1.807, 2.05) is 54.1 Å². The number of carbonyl (C=O) groups excluding carboxylic acids is 3. The van der Waals surface area contributed by atoms with E-state index in [0.29, 0.717) is 51.6 Å². The molecule has 1 aromatic heterocycles. The first-order valence-corrected chi connectivity index (χ1v) is 17.8. The number of likely N-dealkylation sites (tertiary alicyclic amines) is 2. The molecule has 5 rings (SSSR count). The number of nitrogens with one attached hydrogen (secondary N) is 1. The summed E-state index contributed by atoms with van der Waals surface area (Å²) in [5.41, 5.74) is 4.91. The third-order valence-corrected chi connectivity index (χ3v) is 10.6. The van der Waals surface area contributed by atoms with Crippen molar-refractivity contribution in [3.05, 3.63) is 58.9 Å². The Morgan fingerprint density at radius 3 is 2.40 bits per heavy atom. The van der Waals surface area contributed by atoms with Crippen LogP contribution in [0.2, 0.25) is 0 Å². The largest absolute Gasteiger partial charge is 0.436 e. The summed E-state index contributed by atoms with van der Waals surface area (Å²) in [6.45, 7) is 12.2. The first-order chi connectivity index (χ1) is 23.1. The van der Waals surface area contributed by atoms with E-state index in [4.69, 9.17) is 4.74 Å². The molecule has 1 atom stereocenters. The van der Waals surface area contributed by atoms with Crippen molar-refractivity contribution < 1.29 is 19.1 Å². The molecule has 0 unspecified atom stereocenters. The summed E-state index contributed by atoms with van der Waals surface area (Å²) in [6.07, 6.45) is 5.66. The Morgan fingerprint density at radius 1 is 0.979 bits per heavy atom. The van der Waals surface area contributed by atoms with Crippen molar-refractivity contribution in [3.8, 4) is 0 Å². The predicted octanol–water partition coefficient (Wildman–Crippen LogP) is 4.57. The second kappa shape index (κ2) is 16.6. The van der Waals surface area contributed by atoms with E-state index >= 15 is 0 Å². The van der Waals surface area contributed by atoms with Crippen LogP contribution in [-0.4, -0.2) is 132 Å². The molecule has 0 radical (unpaired) electrons. The lowest BCUT2D eigenvalue weighted by molar-refractivity contribution is -0.142. The van der Waals surface area contributed by atoms with E-state index in [1.54, 1.807) is 4.90 Å². The SMILES string of the molecule is CCN(C)CCCN(C)C1CCN(C(=O)[C@@H](Cc2cc(C)c(C)cn2)OC(=O)N2CCC(N3CCc4ccccc4NC3=O)CC2)CC1. The Kier molecular flexibility index (Phi) is 12.3. The molecule has 2 aromatic rings. The van der Waals surface area contributed by atoms with E-state index in [-0.39, 0.29) is 24.4 Å². The third kappa shape index (κ3) is 9.05. The lowest BCUT2D eigenvalue weighted by atomic mass is 10.0. The maximum absolute atomic E-state index is 14.0. The standard InChI is InChI=1S/C37H55N7O4/c1-6-40(4)17-9-18-41(5)31-13-19-42(20-14-31)35(45)34(25-30-24-27(2)28(3)26-38-30)48-37(47)43-21-15-32(16-22-43)44-23-12-29-10-7-8-11-33(29)39-36(44)46/h7-8,10-11,24,26,31-32,34H,6,9,12-23,25H2,1-5H3,(H,39,46)/t34-/m1/s1. The van der Waals surface area contributed by atoms with Crippen LogP contribution in [0.15, 0.2) is 36.5 Å². The maximum Gasteiger partial charge on any atom is 0.410 e. The van der Waals surface area contributed by atoms with Gasteiger partial charge in [-0.3, -0.25) is 9.78 Å². The Hall–Kier alpha value is -3.70. The van der Waals surface area contributed by atoms with Crippen molar-refractivity contribution in [1.29, 1.82) is 0 Å². The van der Waals surface area contributed by atoms with Gasteiger partial charge in [0.05, 0.1) is 0 Å². The number of hydrogen-bond acceptors (Lipinski definition) is 7. The minimum Gasteiger partial charge on any atom is -0.436 e. The number of benzene rings is 1. The lowest BCUT2D eigenvalue weighted by Crippen LogP contribution is -2.52. The Balaban J connectivity index is 1.17. The summed E-state index contributed by atoms with van der Waals surface area (Å²) >= 11 is 0. The van der Waals surface area contributed by atoms with E-state index in [2.05, 4.69) is 47.2 Å². The average molecular weight is 662 g/mol. The minimum atomic E-state index is -0.946. The van der Waals surface area contributed by atoms with Gasteiger partial charge < -0.3 is 34.6 Å². The van der Waals surface area contributed by atoms with Gasteiger partial charge in [0.2, 0.25) is 0 Å². The number of aryl methyl sites for hydroxylation is 2. The summed E-state index contributed by atoms with van der Waals surface area (Å²) in [6, 6.07) is 10.3. The smallest absolute Gasteiger partial charge is 0.410 e. The first-order valence-electron chi connectivity index (χ1n) is 17.8. The van der Waals surface area contributed by atoms with Gasteiger partial charge >= 0.3 is 12.1 Å². The van der Waals surface area contributed by atoms with Crippen LogP contribution in [0.4, 0.5) is 15.3 Å². The molecule has 262 valence electrons. The highest BCUT2D eigenvalue weighted by molar-refractivity contribution is 5.91. The van der Waals surface area contributed by atoms with Gasteiger partial charge in [-0.05, 0) is 115 Å². The molecule has 2 saturated heterocycles. The number of piperidine rings is 2. The molecule has 4 heterocycles. The highest BCUT2D eigenvalue weighted by atomic mass is 16.6. The molecule has 48 heavy (non-hydrogen) atoms. The zero-order valence-electron chi connectivity index (χ0n) is 29.6. The molecule has 2 fully saturated rings. The summed E-state index contributed by atoms with van der Waals surface area (Å²) in [4.78, 5) is 55.4. The Bertz CT molecular complexity index is 1400. The summed E-state index contributed by atoms with van der Waals surface area (Å²) < 4.78 is 6.05. The fourth-order valence-corrected chi connectivity index (χ4v) is 7.12. The number of anilines is 1. The normalized spacial score (nSPS) is 18.5. The van der Waals surface area contributed by atoms with Crippen molar-refractivity contribution in [3.63, 3.8) is 0 Å². The Morgan fingerprint density at radius 2 is 1.69 bits per heavy atom. The van der Waals surface area contributed by atoms with Crippen molar-refractivity contribution in [2.45, 2.75) is 83.9 Å². The number of rotatable bonds is 11. The average Bonchev–Trinajstić information content (AvgIpc) is 3.27. The third-order valence-electron chi connectivity index (χ3n) is 10.6. The van der Waals surface area contributed by atoms with Gasteiger partial charge in [0.25, 0.3) is 5.91 Å². The molecule has 1 N–H and O–H groups in total. The highest BCUT2D eigenvalue weighted by Crippen LogP contribution is 2.25. The number of aromatic nitrogens is 1. The van der Waals surface area contributed by atoms with Crippen LogP contribution in [0.25, 0.3) is 0 Å². The van der Waals surface area contributed by atoms with Crippen LogP contribution in [-0.2, 0) is 22.4 Å². The zero-order chi connectivity index (χ0) is 34.2. The van der Waals surface area contributed by atoms with Crippen molar-refractivity contribution >= 4 is 23.7 Å². The molecule has 3 aliphatic rings. The van der Waals surface area contributed by atoms with Crippen LogP contribution in [0.1, 0.15) is 61.4 Å². The van der Waals surface area contributed by atoms with Crippen molar-refractivity contribution in [2.24, 2.45) is 0 Å². The molecule has 0 aliphatic carbocycles. The molecule has 1 aromatic carbocycles.